The lowest BCUT2D eigenvalue weighted by Crippen LogP contribution is -2.35. The van der Waals surface area contributed by atoms with Gasteiger partial charge in [-0.3, -0.25) is 5.41 Å². The molecule has 0 saturated carbocycles. The van der Waals surface area contributed by atoms with Crippen molar-refractivity contribution in [3.05, 3.63) is 51.7 Å². The number of amidine groups is 1. The molecule has 23 heavy (non-hydrogen) atoms. The standard InChI is InChI=1S/C17H21N3S.2ClH/c1-2-4-14-9-12-6-7-15(10-13(12)11-19-14)20-17(18)16-5-3-8-21-16;;/h3,5-8,10,14,19H,2,4,9,11H2,1H3,(H2,18,20);2*1H. The van der Waals surface area contributed by atoms with Crippen LogP contribution in [0.1, 0.15) is 35.8 Å². The maximum atomic E-state index is 8.09. The summed E-state index contributed by atoms with van der Waals surface area (Å²) in [6.07, 6.45) is 3.58. The summed E-state index contributed by atoms with van der Waals surface area (Å²) in [7, 11) is 0. The Balaban J connectivity index is 0.00000132. The molecule has 126 valence electrons. The highest BCUT2D eigenvalue weighted by atomic mass is 35.5. The lowest BCUT2D eigenvalue weighted by atomic mass is 9.93. The summed E-state index contributed by atoms with van der Waals surface area (Å²) in [6.45, 7) is 3.17. The molecule has 0 fully saturated rings. The van der Waals surface area contributed by atoms with Crippen molar-refractivity contribution in [1.29, 1.82) is 5.41 Å². The predicted octanol–water partition coefficient (Wildman–Crippen LogP) is 4.84. The smallest absolute Gasteiger partial charge is 0.140 e. The van der Waals surface area contributed by atoms with Crippen LogP contribution in [0.3, 0.4) is 0 Å². The average Bonchev–Trinajstić information content (AvgIpc) is 3.02. The van der Waals surface area contributed by atoms with E-state index in [-0.39, 0.29) is 24.8 Å². The van der Waals surface area contributed by atoms with Crippen LogP contribution in [0, 0.1) is 5.41 Å². The van der Waals surface area contributed by atoms with Crippen LogP contribution in [0.4, 0.5) is 5.69 Å². The van der Waals surface area contributed by atoms with E-state index in [1.54, 1.807) is 11.3 Å². The maximum Gasteiger partial charge on any atom is 0.140 e. The van der Waals surface area contributed by atoms with Crippen LogP contribution in [0.25, 0.3) is 0 Å². The number of anilines is 1. The lowest BCUT2D eigenvalue weighted by Gasteiger charge is -2.26. The third kappa shape index (κ3) is 4.95. The first-order chi connectivity index (χ1) is 10.3. The fourth-order valence-electron chi connectivity index (χ4n) is 2.84. The zero-order chi connectivity index (χ0) is 14.7. The molecule has 1 aliphatic rings. The molecule has 2 heterocycles. The largest absolute Gasteiger partial charge is 0.340 e. The van der Waals surface area contributed by atoms with E-state index in [2.05, 4.69) is 35.8 Å². The Morgan fingerprint density at radius 1 is 1.30 bits per heavy atom. The van der Waals surface area contributed by atoms with Gasteiger partial charge in [-0.2, -0.15) is 0 Å². The molecule has 6 heteroatoms. The van der Waals surface area contributed by atoms with Gasteiger partial charge in [-0.1, -0.05) is 25.5 Å². The molecular weight excluding hydrogens is 349 g/mol. The molecule has 1 aliphatic heterocycles. The molecule has 0 amide bonds. The second-order valence-electron chi connectivity index (χ2n) is 5.53. The molecule has 3 nitrogen and oxygen atoms in total. The van der Waals surface area contributed by atoms with E-state index >= 15 is 0 Å². The SMILES string of the molecule is CCCC1Cc2ccc(NC(=N)c3cccs3)cc2CN1.Cl.Cl. The minimum Gasteiger partial charge on any atom is -0.340 e. The van der Waals surface area contributed by atoms with E-state index in [0.29, 0.717) is 11.9 Å². The van der Waals surface area contributed by atoms with E-state index < -0.39 is 0 Å². The highest BCUT2D eigenvalue weighted by Crippen LogP contribution is 2.23. The quantitative estimate of drug-likeness (QED) is 0.531. The molecular formula is C17H23Cl2N3S. The topological polar surface area (TPSA) is 47.9 Å². The molecule has 0 radical (unpaired) electrons. The van der Waals surface area contributed by atoms with Gasteiger partial charge in [-0.25, -0.2) is 0 Å². The normalized spacial score (nSPS) is 15.8. The second kappa shape index (κ2) is 9.28. The molecule has 1 unspecified atom stereocenters. The van der Waals surface area contributed by atoms with Crippen molar-refractivity contribution in [2.75, 3.05) is 5.32 Å². The zero-order valence-corrected chi connectivity index (χ0v) is 15.5. The summed E-state index contributed by atoms with van der Waals surface area (Å²) >= 11 is 1.59. The average molecular weight is 372 g/mol. The highest BCUT2D eigenvalue weighted by Gasteiger charge is 2.17. The number of fused-ring (bicyclic) bond motifs is 1. The van der Waals surface area contributed by atoms with E-state index in [9.17, 15) is 0 Å². The Bertz CT molecular complexity index is 629. The predicted molar refractivity (Wildman–Crippen MR) is 105 cm³/mol. The van der Waals surface area contributed by atoms with Crippen LogP contribution in [-0.4, -0.2) is 11.9 Å². The van der Waals surface area contributed by atoms with E-state index in [1.165, 1.54) is 24.0 Å². The molecule has 3 N–H and O–H groups in total. The second-order valence-corrected chi connectivity index (χ2v) is 6.48. The van der Waals surface area contributed by atoms with Crippen LogP contribution in [0.15, 0.2) is 35.7 Å². The van der Waals surface area contributed by atoms with Gasteiger partial charge in [0.15, 0.2) is 0 Å². The van der Waals surface area contributed by atoms with Gasteiger partial charge in [-0.15, -0.1) is 36.2 Å². The number of rotatable bonds is 4. The first-order valence-electron chi connectivity index (χ1n) is 7.51. The first kappa shape index (κ1) is 20.0. The van der Waals surface area contributed by atoms with Gasteiger partial charge < -0.3 is 10.6 Å². The third-order valence-electron chi connectivity index (χ3n) is 3.93. The van der Waals surface area contributed by atoms with Crippen molar-refractivity contribution in [3.8, 4) is 0 Å². The van der Waals surface area contributed by atoms with Gasteiger partial charge in [0, 0.05) is 18.3 Å². The minimum absolute atomic E-state index is 0. The van der Waals surface area contributed by atoms with Gasteiger partial charge in [-0.05, 0) is 47.5 Å². The lowest BCUT2D eigenvalue weighted by molar-refractivity contribution is 0.448. The van der Waals surface area contributed by atoms with Gasteiger partial charge in [0.25, 0.3) is 0 Å². The number of benzene rings is 1. The zero-order valence-electron chi connectivity index (χ0n) is 13.1. The van der Waals surface area contributed by atoms with Crippen LogP contribution in [-0.2, 0) is 13.0 Å². The van der Waals surface area contributed by atoms with Gasteiger partial charge in [0.1, 0.15) is 5.84 Å². The minimum atomic E-state index is 0. The van der Waals surface area contributed by atoms with E-state index in [0.717, 1.165) is 23.5 Å². The number of hydrogen-bond acceptors (Lipinski definition) is 3. The van der Waals surface area contributed by atoms with E-state index in [1.807, 2.05) is 17.5 Å². The Labute approximate surface area is 154 Å². The third-order valence-corrected chi connectivity index (χ3v) is 4.82. The van der Waals surface area contributed by atoms with Crippen LogP contribution in [0.2, 0.25) is 0 Å². The summed E-state index contributed by atoms with van der Waals surface area (Å²) in [5.74, 6) is 0.470. The Hall–Kier alpha value is -1.07. The van der Waals surface area contributed by atoms with Crippen LogP contribution in [0.5, 0.6) is 0 Å². The monoisotopic (exact) mass is 371 g/mol. The van der Waals surface area contributed by atoms with Crippen molar-refractivity contribution in [3.63, 3.8) is 0 Å². The number of thiophene rings is 1. The molecule has 0 bridgehead atoms. The maximum absolute atomic E-state index is 8.09. The highest BCUT2D eigenvalue weighted by molar-refractivity contribution is 7.12. The molecule has 1 aromatic carbocycles. The van der Waals surface area contributed by atoms with Crippen molar-refractivity contribution < 1.29 is 0 Å². The van der Waals surface area contributed by atoms with Crippen molar-refractivity contribution in [2.45, 2.75) is 38.8 Å². The summed E-state index contributed by atoms with van der Waals surface area (Å²) in [5.41, 5.74) is 3.80. The fraction of sp³-hybridized carbons (Fsp3) is 0.353. The Kier molecular flexibility index (Phi) is 8.06. The fourth-order valence-corrected chi connectivity index (χ4v) is 3.47. The van der Waals surface area contributed by atoms with Crippen LogP contribution < -0.4 is 10.6 Å². The first-order valence-corrected chi connectivity index (χ1v) is 8.39. The number of hydrogen-bond donors (Lipinski definition) is 3. The summed E-state index contributed by atoms with van der Waals surface area (Å²) in [6, 6.07) is 11.0. The van der Waals surface area contributed by atoms with Gasteiger partial charge >= 0.3 is 0 Å². The molecule has 1 aromatic heterocycles. The van der Waals surface area contributed by atoms with Crippen LogP contribution >= 0.6 is 36.2 Å². The van der Waals surface area contributed by atoms with Gasteiger partial charge in [0.05, 0.1) is 4.88 Å². The molecule has 0 aliphatic carbocycles. The summed E-state index contributed by atoms with van der Waals surface area (Å²) in [5, 5.41) is 16.9. The number of halogens is 2. The molecule has 0 saturated heterocycles. The van der Waals surface area contributed by atoms with E-state index in [4.69, 9.17) is 5.41 Å². The number of nitrogens with one attached hydrogen (secondary N) is 3. The van der Waals surface area contributed by atoms with Gasteiger partial charge in [0.2, 0.25) is 0 Å². The van der Waals surface area contributed by atoms with Crippen molar-refractivity contribution in [2.24, 2.45) is 0 Å². The Morgan fingerprint density at radius 2 is 2.13 bits per heavy atom. The summed E-state index contributed by atoms with van der Waals surface area (Å²) in [4.78, 5) is 0.967. The van der Waals surface area contributed by atoms with Crippen molar-refractivity contribution >= 4 is 47.7 Å². The molecule has 0 spiro atoms. The Morgan fingerprint density at radius 3 is 2.83 bits per heavy atom. The molecule has 1 atom stereocenters. The summed E-state index contributed by atoms with van der Waals surface area (Å²) < 4.78 is 0. The van der Waals surface area contributed by atoms with Crippen molar-refractivity contribution in [1.82, 2.24) is 5.32 Å². The molecule has 2 aromatic rings. The molecule has 3 rings (SSSR count).